The van der Waals surface area contributed by atoms with Gasteiger partial charge in [0.1, 0.15) is 22.8 Å². The Morgan fingerprint density at radius 1 is 1.12 bits per heavy atom. The van der Waals surface area contributed by atoms with Gasteiger partial charge >= 0.3 is 0 Å². The van der Waals surface area contributed by atoms with Crippen molar-refractivity contribution in [2.75, 3.05) is 5.32 Å². The van der Waals surface area contributed by atoms with E-state index in [0.29, 0.717) is 12.0 Å². The SMILES string of the molecule is C[C@@H]1CCCC[C@H]1Nc1ncnc2scc(-c3ccc(F)cc3)c12. The maximum Gasteiger partial charge on any atom is 0.139 e. The van der Waals surface area contributed by atoms with E-state index in [0.717, 1.165) is 27.2 Å². The van der Waals surface area contributed by atoms with Crippen LogP contribution in [0.25, 0.3) is 21.3 Å². The number of benzene rings is 1. The summed E-state index contributed by atoms with van der Waals surface area (Å²) < 4.78 is 13.2. The number of aromatic nitrogens is 2. The molecule has 5 heteroatoms. The van der Waals surface area contributed by atoms with Crippen molar-refractivity contribution in [1.82, 2.24) is 9.97 Å². The molecular formula is C19H20FN3S. The zero-order chi connectivity index (χ0) is 16.5. The molecule has 1 saturated carbocycles. The first-order valence-electron chi connectivity index (χ1n) is 8.47. The van der Waals surface area contributed by atoms with E-state index < -0.39 is 0 Å². The zero-order valence-electron chi connectivity index (χ0n) is 13.6. The molecule has 0 saturated heterocycles. The fourth-order valence-electron chi connectivity index (χ4n) is 3.53. The Morgan fingerprint density at radius 3 is 2.71 bits per heavy atom. The molecule has 4 rings (SSSR count). The van der Waals surface area contributed by atoms with E-state index in [1.165, 1.54) is 37.8 Å². The minimum absolute atomic E-state index is 0.219. The summed E-state index contributed by atoms with van der Waals surface area (Å²) in [7, 11) is 0. The van der Waals surface area contributed by atoms with Crippen molar-refractivity contribution in [1.29, 1.82) is 0 Å². The average molecular weight is 341 g/mol. The Labute approximate surface area is 145 Å². The third-order valence-corrected chi connectivity index (χ3v) is 5.85. The van der Waals surface area contributed by atoms with Crippen LogP contribution >= 0.6 is 11.3 Å². The molecular weight excluding hydrogens is 321 g/mol. The molecule has 1 aromatic carbocycles. The largest absolute Gasteiger partial charge is 0.366 e. The lowest BCUT2D eigenvalue weighted by atomic mass is 9.86. The molecule has 1 N–H and O–H groups in total. The van der Waals surface area contributed by atoms with Gasteiger partial charge in [-0.1, -0.05) is 31.9 Å². The van der Waals surface area contributed by atoms with Crippen molar-refractivity contribution >= 4 is 27.4 Å². The number of hydrogen-bond acceptors (Lipinski definition) is 4. The number of rotatable bonds is 3. The van der Waals surface area contributed by atoms with Crippen LogP contribution in [0, 0.1) is 11.7 Å². The molecule has 0 radical (unpaired) electrons. The number of thiophene rings is 1. The number of nitrogens with zero attached hydrogens (tertiary/aromatic N) is 2. The normalized spacial score (nSPS) is 21.1. The van der Waals surface area contributed by atoms with E-state index in [2.05, 4.69) is 27.6 Å². The Kier molecular flexibility index (Phi) is 4.19. The first-order chi connectivity index (χ1) is 11.7. The van der Waals surface area contributed by atoms with Crippen molar-refractivity contribution in [3.63, 3.8) is 0 Å². The molecule has 0 aliphatic heterocycles. The lowest BCUT2D eigenvalue weighted by Crippen LogP contribution is -2.30. The maximum atomic E-state index is 13.2. The highest BCUT2D eigenvalue weighted by atomic mass is 32.1. The molecule has 0 bridgehead atoms. The Morgan fingerprint density at radius 2 is 1.92 bits per heavy atom. The van der Waals surface area contributed by atoms with Crippen LogP contribution in [0.3, 0.4) is 0 Å². The standard InChI is InChI=1S/C19H20FN3S/c1-12-4-2-3-5-16(12)23-18-17-15(10-24-19(17)22-11-21-18)13-6-8-14(20)9-7-13/h6-12,16H,2-5H2,1H3,(H,21,22,23)/t12-,16-/m1/s1. The highest BCUT2D eigenvalue weighted by Crippen LogP contribution is 2.37. The van der Waals surface area contributed by atoms with Gasteiger partial charge in [0.05, 0.1) is 5.39 Å². The van der Waals surface area contributed by atoms with Crippen LogP contribution in [-0.2, 0) is 0 Å². The third kappa shape index (κ3) is 2.88. The first kappa shape index (κ1) is 15.5. The summed E-state index contributed by atoms with van der Waals surface area (Å²) in [5, 5.41) is 6.80. The molecule has 1 aliphatic rings. The second-order valence-electron chi connectivity index (χ2n) is 6.57. The van der Waals surface area contributed by atoms with Crippen LogP contribution in [0.15, 0.2) is 36.0 Å². The maximum absolute atomic E-state index is 13.2. The molecule has 3 aromatic rings. The number of nitrogens with one attached hydrogen (secondary N) is 1. The minimum Gasteiger partial charge on any atom is -0.366 e. The van der Waals surface area contributed by atoms with Gasteiger partial charge in [0.15, 0.2) is 0 Å². The molecule has 124 valence electrons. The number of halogens is 1. The zero-order valence-corrected chi connectivity index (χ0v) is 14.4. The fraction of sp³-hybridized carbons (Fsp3) is 0.368. The van der Waals surface area contributed by atoms with Gasteiger partial charge in [-0.05, 0) is 36.5 Å². The smallest absolute Gasteiger partial charge is 0.139 e. The van der Waals surface area contributed by atoms with Crippen molar-refractivity contribution in [2.45, 2.75) is 38.6 Å². The minimum atomic E-state index is -0.219. The highest BCUT2D eigenvalue weighted by Gasteiger charge is 2.23. The summed E-state index contributed by atoms with van der Waals surface area (Å²) in [6, 6.07) is 7.09. The van der Waals surface area contributed by atoms with Gasteiger partial charge in [-0.2, -0.15) is 0 Å². The molecule has 2 heterocycles. The predicted octanol–water partition coefficient (Wildman–Crippen LogP) is 5.49. The molecule has 1 fully saturated rings. The van der Waals surface area contributed by atoms with E-state index in [9.17, 15) is 4.39 Å². The third-order valence-electron chi connectivity index (χ3n) is 4.96. The van der Waals surface area contributed by atoms with Gasteiger partial charge in [-0.3, -0.25) is 0 Å². The van der Waals surface area contributed by atoms with Gasteiger partial charge < -0.3 is 5.32 Å². The van der Waals surface area contributed by atoms with Crippen LogP contribution in [0.4, 0.5) is 10.2 Å². The topological polar surface area (TPSA) is 37.8 Å². The summed E-state index contributed by atoms with van der Waals surface area (Å²) in [5.41, 5.74) is 2.07. The predicted molar refractivity (Wildman–Crippen MR) is 97.9 cm³/mol. The molecule has 0 amide bonds. The molecule has 2 atom stereocenters. The second kappa shape index (κ2) is 6.48. The number of anilines is 1. The number of hydrogen-bond donors (Lipinski definition) is 1. The van der Waals surface area contributed by atoms with Crippen LogP contribution in [-0.4, -0.2) is 16.0 Å². The number of fused-ring (bicyclic) bond motifs is 1. The van der Waals surface area contributed by atoms with E-state index in [-0.39, 0.29) is 5.82 Å². The Bertz CT molecular complexity index is 843. The average Bonchev–Trinajstić information content (AvgIpc) is 3.03. The summed E-state index contributed by atoms with van der Waals surface area (Å²) in [6.07, 6.45) is 6.66. The molecule has 1 aliphatic carbocycles. The van der Waals surface area contributed by atoms with Crippen molar-refractivity contribution in [2.24, 2.45) is 5.92 Å². The Hall–Kier alpha value is -2.01. The summed E-state index contributed by atoms with van der Waals surface area (Å²) in [6.45, 7) is 2.31. The van der Waals surface area contributed by atoms with Crippen LogP contribution in [0.5, 0.6) is 0 Å². The van der Waals surface area contributed by atoms with Crippen molar-refractivity contribution in [3.8, 4) is 11.1 Å². The van der Waals surface area contributed by atoms with Gasteiger partial charge in [0, 0.05) is 17.0 Å². The van der Waals surface area contributed by atoms with Crippen LogP contribution in [0.1, 0.15) is 32.6 Å². The fourth-order valence-corrected chi connectivity index (χ4v) is 4.45. The molecule has 2 aromatic heterocycles. The first-order valence-corrected chi connectivity index (χ1v) is 9.35. The lowest BCUT2D eigenvalue weighted by molar-refractivity contribution is 0.349. The van der Waals surface area contributed by atoms with E-state index >= 15 is 0 Å². The van der Waals surface area contributed by atoms with E-state index in [1.54, 1.807) is 17.7 Å². The van der Waals surface area contributed by atoms with Crippen LogP contribution < -0.4 is 5.32 Å². The summed E-state index contributed by atoms with van der Waals surface area (Å²) >= 11 is 1.61. The van der Waals surface area contributed by atoms with Gasteiger partial charge in [-0.25, -0.2) is 14.4 Å². The molecule has 0 spiro atoms. The summed E-state index contributed by atoms with van der Waals surface area (Å²) in [4.78, 5) is 9.90. The van der Waals surface area contributed by atoms with Crippen molar-refractivity contribution < 1.29 is 4.39 Å². The highest BCUT2D eigenvalue weighted by molar-refractivity contribution is 7.17. The van der Waals surface area contributed by atoms with Gasteiger partial charge in [-0.15, -0.1) is 11.3 Å². The van der Waals surface area contributed by atoms with E-state index in [4.69, 9.17) is 0 Å². The van der Waals surface area contributed by atoms with Crippen molar-refractivity contribution in [3.05, 3.63) is 41.8 Å². The molecule has 0 unspecified atom stereocenters. The van der Waals surface area contributed by atoms with Crippen LogP contribution in [0.2, 0.25) is 0 Å². The molecule has 3 nitrogen and oxygen atoms in total. The second-order valence-corrected chi connectivity index (χ2v) is 7.43. The van der Waals surface area contributed by atoms with E-state index in [1.807, 2.05) is 12.1 Å². The van der Waals surface area contributed by atoms with Gasteiger partial charge in [0.2, 0.25) is 0 Å². The van der Waals surface area contributed by atoms with Gasteiger partial charge in [0.25, 0.3) is 0 Å². The quantitative estimate of drug-likeness (QED) is 0.684. The summed E-state index contributed by atoms with van der Waals surface area (Å²) in [5.74, 6) is 1.33. The molecule has 24 heavy (non-hydrogen) atoms. The lowest BCUT2D eigenvalue weighted by Gasteiger charge is -2.30. The Balaban J connectivity index is 1.75. The monoisotopic (exact) mass is 341 g/mol.